The minimum atomic E-state index is -0.557. The Morgan fingerprint density at radius 3 is 2.81 bits per heavy atom. The maximum Gasteiger partial charge on any atom is 0.331 e. The minimum absolute atomic E-state index is 0.242. The molecule has 5 heteroatoms. The van der Waals surface area contributed by atoms with Crippen LogP contribution in [0.3, 0.4) is 0 Å². The zero-order valence-electron chi connectivity index (χ0n) is 9.27. The predicted molar refractivity (Wildman–Crippen MR) is 59.5 cm³/mol. The third kappa shape index (κ3) is 2.18. The van der Waals surface area contributed by atoms with E-state index in [1.165, 1.54) is 11.0 Å². The summed E-state index contributed by atoms with van der Waals surface area (Å²) in [6.45, 7) is 2.68. The van der Waals surface area contributed by atoms with Crippen molar-refractivity contribution in [1.29, 1.82) is 0 Å². The number of nitrogens with one attached hydrogen (secondary N) is 1. The van der Waals surface area contributed by atoms with Crippen LogP contribution >= 0.6 is 0 Å². The van der Waals surface area contributed by atoms with Crippen LogP contribution in [0.2, 0.25) is 0 Å². The number of aromatic nitrogens is 2. The highest BCUT2D eigenvalue weighted by Crippen LogP contribution is 2.31. The maximum absolute atomic E-state index is 11.5. The summed E-state index contributed by atoms with van der Waals surface area (Å²) in [6, 6.07) is 1.04. The summed E-state index contributed by atoms with van der Waals surface area (Å²) in [5.74, 6) is 0.864. The van der Waals surface area contributed by atoms with Crippen molar-refractivity contribution in [3.8, 4) is 5.88 Å². The highest BCUT2D eigenvalue weighted by Gasteiger charge is 2.22. The van der Waals surface area contributed by atoms with Crippen LogP contribution in [0.15, 0.2) is 15.7 Å². The van der Waals surface area contributed by atoms with E-state index in [0.29, 0.717) is 18.4 Å². The van der Waals surface area contributed by atoms with Crippen LogP contribution < -0.4 is 11.2 Å². The number of rotatable bonds is 2. The van der Waals surface area contributed by atoms with E-state index in [1.54, 1.807) is 0 Å². The number of hydrogen-bond donors (Lipinski definition) is 2. The summed E-state index contributed by atoms with van der Waals surface area (Å²) in [4.78, 5) is 24.6. The van der Waals surface area contributed by atoms with Crippen LogP contribution in [0.5, 0.6) is 5.88 Å². The number of aromatic hydroxyl groups is 1. The topological polar surface area (TPSA) is 75.1 Å². The van der Waals surface area contributed by atoms with Gasteiger partial charge in [-0.15, -0.1) is 0 Å². The Bertz CT molecular complexity index is 489. The van der Waals surface area contributed by atoms with E-state index in [2.05, 4.69) is 11.9 Å². The number of aromatic amines is 1. The van der Waals surface area contributed by atoms with E-state index < -0.39 is 11.2 Å². The molecule has 2 unspecified atom stereocenters. The van der Waals surface area contributed by atoms with Gasteiger partial charge in [0.1, 0.15) is 0 Å². The van der Waals surface area contributed by atoms with Crippen molar-refractivity contribution in [1.82, 2.24) is 9.55 Å². The molecule has 1 aliphatic rings. The zero-order valence-corrected chi connectivity index (χ0v) is 9.27. The quantitative estimate of drug-likeness (QED) is 0.775. The first kappa shape index (κ1) is 11.0. The van der Waals surface area contributed by atoms with Crippen LogP contribution in [-0.4, -0.2) is 14.7 Å². The molecule has 5 nitrogen and oxygen atoms in total. The molecular weight excluding hydrogens is 208 g/mol. The van der Waals surface area contributed by atoms with Crippen LogP contribution in [0.4, 0.5) is 0 Å². The van der Waals surface area contributed by atoms with Crippen LogP contribution in [0.1, 0.15) is 26.2 Å². The maximum atomic E-state index is 11.5. The number of hydrogen-bond acceptors (Lipinski definition) is 3. The van der Waals surface area contributed by atoms with Gasteiger partial charge in [-0.05, 0) is 24.7 Å². The van der Waals surface area contributed by atoms with E-state index in [4.69, 9.17) is 0 Å². The van der Waals surface area contributed by atoms with Gasteiger partial charge in [0, 0.05) is 6.54 Å². The molecule has 1 heterocycles. The Balaban J connectivity index is 2.22. The Morgan fingerprint density at radius 1 is 1.50 bits per heavy atom. The van der Waals surface area contributed by atoms with Crippen molar-refractivity contribution < 1.29 is 5.11 Å². The molecule has 1 aromatic heterocycles. The van der Waals surface area contributed by atoms with Crippen molar-refractivity contribution in [3.63, 3.8) is 0 Å². The Labute approximate surface area is 92.7 Å². The molecule has 16 heavy (non-hydrogen) atoms. The minimum Gasteiger partial charge on any atom is -0.494 e. The Morgan fingerprint density at radius 2 is 2.25 bits per heavy atom. The van der Waals surface area contributed by atoms with Crippen molar-refractivity contribution >= 4 is 0 Å². The molecule has 88 valence electrons. The van der Waals surface area contributed by atoms with Gasteiger partial charge >= 0.3 is 5.69 Å². The van der Waals surface area contributed by atoms with Gasteiger partial charge in [0.2, 0.25) is 5.88 Å². The molecule has 2 atom stereocenters. The fourth-order valence-corrected chi connectivity index (χ4v) is 2.43. The molecule has 2 rings (SSSR count). The molecule has 1 aliphatic carbocycles. The van der Waals surface area contributed by atoms with E-state index >= 15 is 0 Å². The molecule has 1 saturated carbocycles. The predicted octanol–water partition coefficient (Wildman–Crippen LogP) is 0.678. The lowest BCUT2D eigenvalue weighted by atomic mass is 10.1. The lowest BCUT2D eigenvalue weighted by Crippen LogP contribution is -2.30. The average Bonchev–Trinajstić information content (AvgIpc) is 2.58. The fourth-order valence-electron chi connectivity index (χ4n) is 2.43. The first-order chi connectivity index (χ1) is 7.56. The molecule has 0 bridgehead atoms. The molecule has 0 amide bonds. The van der Waals surface area contributed by atoms with Gasteiger partial charge in [-0.2, -0.15) is 0 Å². The first-order valence-electron chi connectivity index (χ1n) is 5.59. The van der Waals surface area contributed by atoms with Crippen LogP contribution in [-0.2, 0) is 6.54 Å². The van der Waals surface area contributed by atoms with E-state index in [-0.39, 0.29) is 5.88 Å². The molecular formula is C11H16N2O3. The second-order valence-electron chi connectivity index (χ2n) is 4.69. The monoisotopic (exact) mass is 224 g/mol. The van der Waals surface area contributed by atoms with Gasteiger partial charge in [0.05, 0.1) is 6.07 Å². The SMILES string of the molecule is CC1CCC(Cn2c(O)cc(=O)[nH]c2=O)C1. The van der Waals surface area contributed by atoms with Gasteiger partial charge < -0.3 is 5.11 Å². The third-order valence-electron chi connectivity index (χ3n) is 3.26. The van der Waals surface area contributed by atoms with E-state index in [0.717, 1.165) is 18.9 Å². The van der Waals surface area contributed by atoms with Crippen molar-refractivity contribution in [2.45, 2.75) is 32.7 Å². The van der Waals surface area contributed by atoms with Crippen molar-refractivity contribution in [2.24, 2.45) is 11.8 Å². The third-order valence-corrected chi connectivity index (χ3v) is 3.26. The summed E-state index contributed by atoms with van der Waals surface area (Å²) in [7, 11) is 0. The number of H-pyrrole nitrogens is 1. The van der Waals surface area contributed by atoms with Gasteiger partial charge in [-0.1, -0.05) is 13.3 Å². The van der Waals surface area contributed by atoms with Crippen molar-refractivity contribution in [3.05, 3.63) is 26.9 Å². The Hall–Kier alpha value is -1.52. The van der Waals surface area contributed by atoms with Crippen molar-refractivity contribution in [2.75, 3.05) is 0 Å². The first-order valence-corrected chi connectivity index (χ1v) is 5.59. The molecule has 0 aliphatic heterocycles. The summed E-state index contributed by atoms with van der Waals surface area (Å²) in [6.07, 6.45) is 3.32. The van der Waals surface area contributed by atoms with E-state index in [9.17, 15) is 14.7 Å². The lowest BCUT2D eigenvalue weighted by molar-refractivity contribution is 0.356. The summed E-state index contributed by atoms with van der Waals surface area (Å²) in [5, 5.41) is 9.54. The fraction of sp³-hybridized carbons (Fsp3) is 0.636. The molecule has 1 fully saturated rings. The average molecular weight is 224 g/mol. The standard InChI is InChI=1S/C11H16N2O3/c1-7-2-3-8(4-7)6-13-10(15)5-9(14)12-11(13)16/h5,7-8,15H,2-4,6H2,1H3,(H,12,14,16). The zero-order chi connectivity index (χ0) is 11.7. The molecule has 0 radical (unpaired) electrons. The smallest absolute Gasteiger partial charge is 0.331 e. The largest absolute Gasteiger partial charge is 0.494 e. The van der Waals surface area contributed by atoms with Crippen LogP contribution in [0, 0.1) is 11.8 Å². The van der Waals surface area contributed by atoms with Gasteiger partial charge in [-0.25, -0.2) is 4.79 Å². The van der Waals surface area contributed by atoms with E-state index in [1.807, 2.05) is 0 Å². The molecule has 0 saturated heterocycles. The van der Waals surface area contributed by atoms with Gasteiger partial charge in [0.25, 0.3) is 5.56 Å². The normalized spacial score (nSPS) is 24.8. The lowest BCUT2D eigenvalue weighted by Gasteiger charge is -2.12. The molecule has 0 aromatic carbocycles. The summed E-state index contributed by atoms with van der Waals surface area (Å²) < 4.78 is 1.24. The Kier molecular flexibility index (Phi) is 2.85. The summed E-state index contributed by atoms with van der Waals surface area (Å²) >= 11 is 0. The molecule has 0 spiro atoms. The van der Waals surface area contributed by atoms with Crippen LogP contribution in [0.25, 0.3) is 0 Å². The summed E-state index contributed by atoms with van der Waals surface area (Å²) in [5.41, 5.74) is -1.08. The van der Waals surface area contributed by atoms with Gasteiger partial charge in [0.15, 0.2) is 0 Å². The number of nitrogens with zero attached hydrogens (tertiary/aromatic N) is 1. The highest BCUT2D eigenvalue weighted by atomic mass is 16.3. The molecule has 1 aromatic rings. The van der Waals surface area contributed by atoms with Gasteiger partial charge in [-0.3, -0.25) is 14.3 Å². The molecule has 2 N–H and O–H groups in total. The second kappa shape index (κ2) is 4.15. The second-order valence-corrected chi connectivity index (χ2v) is 4.69. The highest BCUT2D eigenvalue weighted by molar-refractivity contribution is 5.06.